The minimum Gasteiger partial charge on any atom is -0.381 e. The van der Waals surface area contributed by atoms with E-state index in [9.17, 15) is 14.4 Å². The summed E-state index contributed by atoms with van der Waals surface area (Å²) in [6, 6.07) is 14.6. The fraction of sp³-hybridized carbons (Fsp3) is 0.348. The zero-order valence-electron chi connectivity index (χ0n) is 16.5. The lowest BCUT2D eigenvalue weighted by Crippen LogP contribution is -2.40. The lowest BCUT2D eigenvalue weighted by atomic mass is 10.0. The van der Waals surface area contributed by atoms with Crippen molar-refractivity contribution < 1.29 is 19.1 Å². The molecule has 0 aliphatic carbocycles. The molecule has 0 spiro atoms. The minimum absolute atomic E-state index is 0.106. The summed E-state index contributed by atoms with van der Waals surface area (Å²) in [5.74, 6) is -0.722. The molecule has 0 saturated carbocycles. The predicted octanol–water partition coefficient (Wildman–Crippen LogP) is 2.78. The summed E-state index contributed by atoms with van der Waals surface area (Å²) in [6.45, 7) is 1.58. The van der Waals surface area contributed by atoms with Crippen molar-refractivity contribution in [2.75, 3.05) is 26.7 Å². The second kappa shape index (κ2) is 8.17. The monoisotopic (exact) mass is 392 g/mol. The maximum Gasteiger partial charge on any atom is 0.261 e. The SMILES string of the molecule is COC1CCN(C(=O)c2ccc3c(c2)C(=O)N(CCc2ccccc2)C3=O)CC1. The largest absolute Gasteiger partial charge is 0.381 e. The van der Waals surface area contributed by atoms with Gasteiger partial charge in [-0.05, 0) is 43.0 Å². The van der Waals surface area contributed by atoms with Crippen molar-refractivity contribution in [3.63, 3.8) is 0 Å². The van der Waals surface area contributed by atoms with Crippen LogP contribution in [0, 0.1) is 0 Å². The molecule has 2 heterocycles. The first-order chi connectivity index (χ1) is 14.1. The number of amides is 3. The Kier molecular flexibility index (Phi) is 5.45. The summed E-state index contributed by atoms with van der Waals surface area (Å²) >= 11 is 0. The van der Waals surface area contributed by atoms with Gasteiger partial charge < -0.3 is 9.64 Å². The number of likely N-dealkylation sites (tertiary alicyclic amines) is 1. The second-order valence-electron chi connectivity index (χ2n) is 7.49. The molecule has 0 unspecified atom stereocenters. The van der Waals surface area contributed by atoms with Gasteiger partial charge in [0.25, 0.3) is 17.7 Å². The van der Waals surface area contributed by atoms with E-state index in [4.69, 9.17) is 4.74 Å². The zero-order valence-corrected chi connectivity index (χ0v) is 16.5. The van der Waals surface area contributed by atoms with Gasteiger partial charge in [-0.3, -0.25) is 19.3 Å². The normalized spacial score (nSPS) is 17.0. The van der Waals surface area contributed by atoms with Crippen molar-refractivity contribution in [2.45, 2.75) is 25.4 Å². The van der Waals surface area contributed by atoms with Crippen molar-refractivity contribution in [1.82, 2.24) is 9.80 Å². The number of imide groups is 1. The molecule has 0 bridgehead atoms. The third-order valence-corrected chi connectivity index (χ3v) is 5.75. The summed E-state index contributed by atoms with van der Waals surface area (Å²) in [5.41, 5.74) is 2.21. The van der Waals surface area contributed by atoms with Crippen molar-refractivity contribution in [1.29, 1.82) is 0 Å². The minimum atomic E-state index is -0.325. The number of carbonyl (C=O) groups is 3. The van der Waals surface area contributed by atoms with Crippen molar-refractivity contribution >= 4 is 17.7 Å². The summed E-state index contributed by atoms with van der Waals surface area (Å²) < 4.78 is 5.35. The average Bonchev–Trinajstić information content (AvgIpc) is 3.01. The first kappa shape index (κ1) is 19.3. The van der Waals surface area contributed by atoms with Gasteiger partial charge in [0.1, 0.15) is 0 Å². The number of methoxy groups -OCH3 is 1. The van der Waals surface area contributed by atoms with Crippen LogP contribution in [-0.2, 0) is 11.2 Å². The Morgan fingerprint density at radius 3 is 2.38 bits per heavy atom. The van der Waals surface area contributed by atoms with Gasteiger partial charge in [-0.1, -0.05) is 30.3 Å². The third-order valence-electron chi connectivity index (χ3n) is 5.75. The summed E-state index contributed by atoms with van der Waals surface area (Å²) in [4.78, 5) is 41.4. The molecule has 2 aliphatic rings. The van der Waals surface area contributed by atoms with E-state index in [1.54, 1.807) is 30.2 Å². The number of carbonyl (C=O) groups excluding carboxylic acids is 3. The van der Waals surface area contributed by atoms with E-state index in [0.717, 1.165) is 18.4 Å². The van der Waals surface area contributed by atoms with E-state index in [0.29, 0.717) is 42.7 Å². The quantitative estimate of drug-likeness (QED) is 0.734. The molecule has 1 saturated heterocycles. The Morgan fingerprint density at radius 1 is 1.00 bits per heavy atom. The standard InChI is InChI=1S/C23H24N2O4/c1-29-18-10-12-24(13-11-18)21(26)17-7-8-19-20(15-17)23(28)25(22(19)27)14-9-16-5-3-2-4-6-16/h2-8,15,18H,9-14H2,1H3. The van der Waals surface area contributed by atoms with Gasteiger partial charge in [-0.15, -0.1) is 0 Å². The van der Waals surface area contributed by atoms with Crippen molar-refractivity contribution in [3.8, 4) is 0 Å². The number of hydrogen-bond donors (Lipinski definition) is 0. The first-order valence-electron chi connectivity index (χ1n) is 9.94. The molecule has 0 aromatic heterocycles. The Morgan fingerprint density at radius 2 is 1.69 bits per heavy atom. The maximum absolute atomic E-state index is 12.9. The fourth-order valence-corrected chi connectivity index (χ4v) is 3.99. The number of benzene rings is 2. The Bertz CT molecular complexity index is 933. The van der Waals surface area contributed by atoms with E-state index in [2.05, 4.69) is 0 Å². The smallest absolute Gasteiger partial charge is 0.261 e. The lowest BCUT2D eigenvalue weighted by molar-refractivity contribution is 0.0350. The summed E-state index contributed by atoms with van der Waals surface area (Å²) in [5, 5.41) is 0. The van der Waals surface area contributed by atoms with E-state index in [1.807, 2.05) is 30.3 Å². The Hall–Kier alpha value is -2.99. The molecule has 6 nitrogen and oxygen atoms in total. The number of rotatable bonds is 5. The van der Waals surface area contributed by atoms with E-state index in [1.165, 1.54) is 4.90 Å². The van der Waals surface area contributed by atoms with Crippen LogP contribution in [-0.4, -0.2) is 60.4 Å². The highest BCUT2D eigenvalue weighted by atomic mass is 16.5. The molecule has 2 aliphatic heterocycles. The number of fused-ring (bicyclic) bond motifs is 1. The van der Waals surface area contributed by atoms with Gasteiger partial charge in [0.2, 0.25) is 0 Å². The van der Waals surface area contributed by atoms with Crippen LogP contribution in [0.3, 0.4) is 0 Å². The van der Waals surface area contributed by atoms with Gasteiger partial charge in [-0.2, -0.15) is 0 Å². The van der Waals surface area contributed by atoms with Crippen LogP contribution < -0.4 is 0 Å². The summed E-state index contributed by atoms with van der Waals surface area (Å²) in [7, 11) is 1.69. The van der Waals surface area contributed by atoms with E-state index < -0.39 is 0 Å². The number of piperidine rings is 1. The van der Waals surface area contributed by atoms with E-state index >= 15 is 0 Å². The number of ether oxygens (including phenoxy) is 1. The molecule has 0 radical (unpaired) electrons. The fourth-order valence-electron chi connectivity index (χ4n) is 3.99. The summed E-state index contributed by atoms with van der Waals surface area (Å²) in [6.07, 6.45) is 2.40. The van der Waals surface area contributed by atoms with Crippen LogP contribution in [0.4, 0.5) is 0 Å². The number of hydrogen-bond acceptors (Lipinski definition) is 4. The zero-order chi connectivity index (χ0) is 20.4. The van der Waals surface area contributed by atoms with Gasteiger partial charge in [0.15, 0.2) is 0 Å². The molecular formula is C23H24N2O4. The van der Waals surface area contributed by atoms with Gasteiger partial charge >= 0.3 is 0 Å². The van der Waals surface area contributed by atoms with Crippen LogP contribution in [0.25, 0.3) is 0 Å². The number of nitrogens with zero attached hydrogens (tertiary/aromatic N) is 2. The lowest BCUT2D eigenvalue weighted by Gasteiger charge is -2.31. The molecular weight excluding hydrogens is 368 g/mol. The molecule has 29 heavy (non-hydrogen) atoms. The third kappa shape index (κ3) is 3.80. The topological polar surface area (TPSA) is 66.9 Å². The van der Waals surface area contributed by atoms with Gasteiger partial charge in [0.05, 0.1) is 17.2 Å². The highest BCUT2D eigenvalue weighted by molar-refractivity contribution is 6.22. The average molecular weight is 392 g/mol. The van der Waals surface area contributed by atoms with Gasteiger partial charge in [-0.25, -0.2) is 0 Å². The first-order valence-corrected chi connectivity index (χ1v) is 9.94. The molecule has 4 rings (SSSR count). The van der Waals surface area contributed by atoms with Crippen LogP contribution in [0.5, 0.6) is 0 Å². The molecule has 150 valence electrons. The van der Waals surface area contributed by atoms with Crippen molar-refractivity contribution in [3.05, 3.63) is 70.8 Å². The Labute approximate surface area is 170 Å². The molecule has 3 amide bonds. The highest BCUT2D eigenvalue weighted by Crippen LogP contribution is 2.25. The molecule has 6 heteroatoms. The van der Waals surface area contributed by atoms with Crippen molar-refractivity contribution in [2.24, 2.45) is 0 Å². The molecule has 0 N–H and O–H groups in total. The second-order valence-corrected chi connectivity index (χ2v) is 7.49. The molecule has 2 aromatic carbocycles. The van der Waals surface area contributed by atoms with Crippen LogP contribution >= 0.6 is 0 Å². The highest BCUT2D eigenvalue weighted by Gasteiger charge is 2.36. The predicted molar refractivity (Wildman–Crippen MR) is 108 cm³/mol. The molecule has 1 fully saturated rings. The van der Waals surface area contributed by atoms with Crippen LogP contribution in [0.2, 0.25) is 0 Å². The molecule has 2 aromatic rings. The van der Waals surface area contributed by atoms with Gasteiger partial charge in [0, 0.05) is 32.3 Å². The van der Waals surface area contributed by atoms with Crippen LogP contribution in [0.1, 0.15) is 49.5 Å². The van der Waals surface area contributed by atoms with Crippen LogP contribution in [0.15, 0.2) is 48.5 Å². The Balaban J connectivity index is 1.47. The maximum atomic E-state index is 12.9. The molecule has 0 atom stereocenters. The van der Waals surface area contributed by atoms with E-state index in [-0.39, 0.29) is 23.8 Å².